The number of nitrogens with zero attached hydrogens (tertiary/aromatic N) is 2. The second kappa shape index (κ2) is 7.55. The maximum atomic E-state index is 11.9. The van der Waals surface area contributed by atoms with E-state index < -0.39 is 0 Å². The predicted octanol–water partition coefficient (Wildman–Crippen LogP) is 3.90. The third-order valence-corrected chi connectivity index (χ3v) is 5.06. The molecule has 0 aliphatic heterocycles. The van der Waals surface area contributed by atoms with Crippen LogP contribution in [0.15, 0.2) is 24.3 Å². The van der Waals surface area contributed by atoms with Crippen molar-refractivity contribution in [3.8, 4) is 0 Å². The van der Waals surface area contributed by atoms with Gasteiger partial charge in [0.1, 0.15) is 5.01 Å². The van der Waals surface area contributed by atoms with Crippen LogP contribution in [0.25, 0.3) is 0 Å². The monoisotopic (exact) mass is 330 g/mol. The van der Waals surface area contributed by atoms with Gasteiger partial charge in [-0.05, 0) is 18.4 Å². The van der Waals surface area contributed by atoms with E-state index in [0.717, 1.165) is 22.9 Å². The minimum atomic E-state index is -0.242. The summed E-state index contributed by atoms with van der Waals surface area (Å²) in [7, 11) is 0. The molecule has 2 aromatic rings. The number of aryl methyl sites for hydroxylation is 1. The lowest BCUT2D eigenvalue weighted by atomic mass is 10.1. The van der Waals surface area contributed by atoms with Crippen molar-refractivity contribution in [2.45, 2.75) is 45.6 Å². The first kappa shape index (κ1) is 15.9. The highest BCUT2D eigenvalue weighted by molar-refractivity contribution is 7.15. The Labute approximate surface area is 140 Å². The zero-order valence-electron chi connectivity index (χ0n) is 13.3. The summed E-state index contributed by atoms with van der Waals surface area (Å²) < 4.78 is 0. The summed E-state index contributed by atoms with van der Waals surface area (Å²) in [5.41, 5.74) is 2.28. The molecular weight excluding hydrogens is 308 g/mol. The van der Waals surface area contributed by atoms with Crippen molar-refractivity contribution in [3.05, 3.63) is 40.4 Å². The Bertz CT molecular complexity index is 647. The Balaban J connectivity index is 1.45. The zero-order valence-corrected chi connectivity index (χ0v) is 14.2. The number of benzene rings is 1. The first-order valence-corrected chi connectivity index (χ1v) is 8.93. The summed E-state index contributed by atoms with van der Waals surface area (Å²) in [4.78, 5) is 11.9. The molecule has 3 rings (SSSR count). The van der Waals surface area contributed by atoms with Crippen LogP contribution >= 0.6 is 11.3 Å². The molecule has 1 aliphatic carbocycles. The predicted molar refractivity (Wildman–Crippen MR) is 92.6 cm³/mol. The number of anilines is 1. The van der Waals surface area contributed by atoms with Gasteiger partial charge in [-0.15, -0.1) is 10.2 Å². The fourth-order valence-corrected chi connectivity index (χ4v) is 3.73. The van der Waals surface area contributed by atoms with Gasteiger partial charge in [-0.25, -0.2) is 4.79 Å². The van der Waals surface area contributed by atoms with E-state index in [1.165, 1.54) is 42.6 Å². The van der Waals surface area contributed by atoms with Gasteiger partial charge in [0.2, 0.25) is 5.13 Å². The molecule has 0 atom stereocenters. The van der Waals surface area contributed by atoms with Crippen LogP contribution in [-0.2, 0) is 13.0 Å². The van der Waals surface area contributed by atoms with Gasteiger partial charge in [-0.2, -0.15) is 0 Å². The number of carbonyl (C=O) groups excluding carboxylic acids is 1. The number of amides is 2. The molecule has 122 valence electrons. The lowest BCUT2D eigenvalue weighted by molar-refractivity contribution is 0.251. The molecule has 5 nitrogen and oxygen atoms in total. The Kier molecular flexibility index (Phi) is 5.23. The van der Waals surface area contributed by atoms with Crippen molar-refractivity contribution in [2.24, 2.45) is 5.92 Å². The van der Waals surface area contributed by atoms with Crippen molar-refractivity contribution in [1.82, 2.24) is 15.5 Å². The molecule has 0 unspecified atom stereocenters. The smallest absolute Gasteiger partial charge is 0.321 e. The van der Waals surface area contributed by atoms with Crippen molar-refractivity contribution < 1.29 is 4.79 Å². The molecule has 1 heterocycles. The minimum Gasteiger partial charge on any atom is -0.334 e. The molecule has 1 fully saturated rings. The first-order chi connectivity index (χ1) is 11.2. The third kappa shape index (κ3) is 4.76. The maximum Gasteiger partial charge on any atom is 0.321 e. The van der Waals surface area contributed by atoms with Gasteiger partial charge < -0.3 is 5.32 Å². The molecule has 2 amide bonds. The molecule has 6 heteroatoms. The molecule has 0 radical (unpaired) electrons. The lowest BCUT2D eigenvalue weighted by Crippen LogP contribution is -2.28. The van der Waals surface area contributed by atoms with E-state index in [9.17, 15) is 4.79 Å². The molecule has 1 aromatic heterocycles. The molecular formula is C17H22N4OS. The number of aromatic nitrogens is 2. The van der Waals surface area contributed by atoms with E-state index >= 15 is 0 Å². The van der Waals surface area contributed by atoms with E-state index in [0.29, 0.717) is 11.7 Å². The van der Waals surface area contributed by atoms with Crippen molar-refractivity contribution >= 4 is 22.5 Å². The van der Waals surface area contributed by atoms with E-state index in [1.807, 2.05) is 31.2 Å². The first-order valence-electron chi connectivity index (χ1n) is 8.12. The summed E-state index contributed by atoms with van der Waals surface area (Å²) in [6.45, 7) is 2.54. The summed E-state index contributed by atoms with van der Waals surface area (Å²) in [6, 6.07) is 7.86. The van der Waals surface area contributed by atoms with E-state index in [-0.39, 0.29) is 6.03 Å². The van der Waals surface area contributed by atoms with Crippen LogP contribution in [0, 0.1) is 12.8 Å². The minimum absolute atomic E-state index is 0.242. The number of hydrogen-bond donors (Lipinski definition) is 2. The second-order valence-corrected chi connectivity index (χ2v) is 7.21. The van der Waals surface area contributed by atoms with Gasteiger partial charge in [0.15, 0.2) is 0 Å². The molecule has 23 heavy (non-hydrogen) atoms. The van der Waals surface area contributed by atoms with Gasteiger partial charge in [-0.1, -0.05) is 66.8 Å². The van der Waals surface area contributed by atoms with Crippen LogP contribution in [0.5, 0.6) is 0 Å². The van der Waals surface area contributed by atoms with Crippen LogP contribution in [-0.4, -0.2) is 16.2 Å². The average molecular weight is 330 g/mol. The van der Waals surface area contributed by atoms with Crippen LogP contribution in [0.4, 0.5) is 9.93 Å². The molecule has 0 saturated heterocycles. The van der Waals surface area contributed by atoms with Gasteiger partial charge >= 0.3 is 6.03 Å². The van der Waals surface area contributed by atoms with Crippen LogP contribution < -0.4 is 10.6 Å². The highest BCUT2D eigenvalue weighted by atomic mass is 32.1. The Morgan fingerprint density at radius 2 is 1.96 bits per heavy atom. The SMILES string of the molecule is Cc1ccc(CNC(=O)Nc2nnc(CC3CCCC3)s2)cc1. The van der Waals surface area contributed by atoms with Gasteiger partial charge in [-0.3, -0.25) is 5.32 Å². The lowest BCUT2D eigenvalue weighted by Gasteiger charge is -2.05. The number of rotatable bonds is 5. The van der Waals surface area contributed by atoms with Crippen LogP contribution in [0.2, 0.25) is 0 Å². The Morgan fingerprint density at radius 1 is 1.22 bits per heavy atom. The zero-order chi connectivity index (χ0) is 16.1. The van der Waals surface area contributed by atoms with Crippen LogP contribution in [0.1, 0.15) is 41.8 Å². The summed E-state index contributed by atoms with van der Waals surface area (Å²) in [5, 5.41) is 15.4. The number of nitrogens with one attached hydrogen (secondary N) is 2. The maximum absolute atomic E-state index is 11.9. The highest BCUT2D eigenvalue weighted by Gasteiger charge is 2.18. The normalized spacial score (nSPS) is 14.8. The molecule has 2 N–H and O–H groups in total. The summed E-state index contributed by atoms with van der Waals surface area (Å²) in [5.74, 6) is 0.742. The molecule has 0 spiro atoms. The molecule has 1 aromatic carbocycles. The van der Waals surface area contributed by atoms with E-state index in [1.54, 1.807) is 0 Å². The number of carbonyl (C=O) groups is 1. The van der Waals surface area contributed by atoms with E-state index in [2.05, 4.69) is 20.8 Å². The standard InChI is InChI=1S/C17H22N4OS/c1-12-6-8-14(9-7-12)11-18-16(22)19-17-21-20-15(23-17)10-13-4-2-3-5-13/h6-9,13H,2-5,10-11H2,1H3,(H2,18,19,21,22). The fraction of sp³-hybridized carbons (Fsp3) is 0.471. The molecule has 0 bridgehead atoms. The van der Waals surface area contributed by atoms with Gasteiger partial charge in [0.05, 0.1) is 0 Å². The van der Waals surface area contributed by atoms with Crippen molar-refractivity contribution in [1.29, 1.82) is 0 Å². The quantitative estimate of drug-likeness (QED) is 0.873. The molecule has 1 aliphatic rings. The Morgan fingerprint density at radius 3 is 2.70 bits per heavy atom. The fourth-order valence-electron chi connectivity index (χ4n) is 2.88. The largest absolute Gasteiger partial charge is 0.334 e. The summed E-state index contributed by atoms with van der Waals surface area (Å²) >= 11 is 1.48. The van der Waals surface area contributed by atoms with Gasteiger partial charge in [0, 0.05) is 13.0 Å². The average Bonchev–Trinajstić information content (AvgIpc) is 3.19. The Hall–Kier alpha value is -1.95. The summed E-state index contributed by atoms with van der Waals surface area (Å²) in [6.07, 6.45) is 6.23. The number of urea groups is 1. The number of hydrogen-bond acceptors (Lipinski definition) is 4. The van der Waals surface area contributed by atoms with Crippen molar-refractivity contribution in [2.75, 3.05) is 5.32 Å². The van der Waals surface area contributed by atoms with E-state index in [4.69, 9.17) is 0 Å². The third-order valence-electron chi connectivity index (χ3n) is 4.20. The second-order valence-electron chi connectivity index (χ2n) is 6.15. The van der Waals surface area contributed by atoms with Crippen LogP contribution in [0.3, 0.4) is 0 Å². The van der Waals surface area contributed by atoms with Crippen molar-refractivity contribution in [3.63, 3.8) is 0 Å². The molecule has 1 saturated carbocycles. The van der Waals surface area contributed by atoms with Gasteiger partial charge in [0.25, 0.3) is 0 Å². The topological polar surface area (TPSA) is 66.9 Å². The highest BCUT2D eigenvalue weighted by Crippen LogP contribution is 2.29.